The first-order valence-electron chi connectivity index (χ1n) is 8.99. The summed E-state index contributed by atoms with van der Waals surface area (Å²) >= 11 is 0. The minimum Gasteiger partial charge on any atom is -0.477 e. The maximum Gasteiger partial charge on any atom is 0.370 e. The summed E-state index contributed by atoms with van der Waals surface area (Å²) in [6.45, 7) is 3.66. The van der Waals surface area contributed by atoms with Gasteiger partial charge in [0.1, 0.15) is 22.8 Å². The SMILES string of the molecule is CC(C)c1c(O)[n+](-c2ccc(F)cc2)c2ccc(-c3ccccc3)nn2c1=O. The Morgan fingerprint density at radius 3 is 2.32 bits per heavy atom. The predicted octanol–water partition coefficient (Wildman–Crippen LogP) is 3.61. The van der Waals surface area contributed by atoms with Crippen LogP contribution < -0.4 is 10.1 Å². The third-order valence-electron chi connectivity index (χ3n) is 4.65. The molecule has 4 aromatic rings. The van der Waals surface area contributed by atoms with Gasteiger partial charge in [-0.2, -0.15) is 4.57 Å². The van der Waals surface area contributed by atoms with Gasteiger partial charge in [0, 0.05) is 11.6 Å². The summed E-state index contributed by atoms with van der Waals surface area (Å²) in [5.74, 6) is -0.769. The van der Waals surface area contributed by atoms with Gasteiger partial charge in [-0.3, -0.25) is 0 Å². The molecular weight excluding hydrogens is 357 g/mol. The number of hydrogen-bond acceptors (Lipinski definition) is 3. The van der Waals surface area contributed by atoms with E-state index in [9.17, 15) is 14.3 Å². The average molecular weight is 376 g/mol. The number of hydrogen-bond donors (Lipinski definition) is 1. The largest absolute Gasteiger partial charge is 0.477 e. The summed E-state index contributed by atoms with van der Waals surface area (Å²) in [7, 11) is 0. The smallest absolute Gasteiger partial charge is 0.370 e. The van der Waals surface area contributed by atoms with Crippen LogP contribution in [0.2, 0.25) is 0 Å². The number of halogens is 1. The normalized spacial score (nSPS) is 11.3. The van der Waals surface area contributed by atoms with Crippen LogP contribution in [0, 0.1) is 5.82 Å². The van der Waals surface area contributed by atoms with Crippen molar-refractivity contribution in [1.82, 2.24) is 9.61 Å². The molecule has 0 saturated heterocycles. The molecule has 0 saturated carbocycles. The number of nitrogens with zero attached hydrogens (tertiary/aromatic N) is 3. The lowest BCUT2D eigenvalue weighted by atomic mass is 10.1. The van der Waals surface area contributed by atoms with Gasteiger partial charge < -0.3 is 5.11 Å². The Kier molecular flexibility index (Phi) is 4.39. The van der Waals surface area contributed by atoms with Crippen LogP contribution in [-0.2, 0) is 0 Å². The fraction of sp³-hybridized carbons (Fsp3) is 0.136. The molecule has 0 aliphatic rings. The molecule has 0 aliphatic heterocycles. The highest BCUT2D eigenvalue weighted by atomic mass is 19.1. The molecule has 0 amide bonds. The molecule has 0 radical (unpaired) electrons. The van der Waals surface area contributed by atoms with E-state index in [1.54, 1.807) is 24.3 Å². The van der Waals surface area contributed by atoms with E-state index in [0.717, 1.165) is 5.56 Å². The first kappa shape index (κ1) is 17.9. The summed E-state index contributed by atoms with van der Waals surface area (Å²) in [6, 6.07) is 18.8. The fourth-order valence-corrected chi connectivity index (χ4v) is 3.29. The van der Waals surface area contributed by atoms with Gasteiger partial charge in [-0.25, -0.2) is 9.18 Å². The average Bonchev–Trinajstić information content (AvgIpc) is 2.70. The predicted molar refractivity (Wildman–Crippen MR) is 104 cm³/mol. The quantitative estimate of drug-likeness (QED) is 0.556. The fourth-order valence-electron chi connectivity index (χ4n) is 3.29. The third kappa shape index (κ3) is 2.93. The Hall–Kier alpha value is -3.54. The zero-order valence-corrected chi connectivity index (χ0v) is 15.5. The molecule has 2 heterocycles. The van der Waals surface area contributed by atoms with Crippen LogP contribution in [0.25, 0.3) is 22.6 Å². The van der Waals surface area contributed by atoms with Gasteiger partial charge in [-0.15, -0.1) is 0 Å². The van der Waals surface area contributed by atoms with Crippen LogP contribution in [0.15, 0.2) is 71.5 Å². The molecule has 28 heavy (non-hydrogen) atoms. The zero-order valence-electron chi connectivity index (χ0n) is 15.5. The number of rotatable bonds is 3. The Morgan fingerprint density at radius 1 is 1.00 bits per heavy atom. The Bertz CT molecular complexity index is 1220. The first-order chi connectivity index (χ1) is 13.5. The lowest BCUT2D eigenvalue weighted by Gasteiger charge is -2.11. The molecule has 0 fully saturated rings. The van der Waals surface area contributed by atoms with Crippen molar-refractivity contribution < 1.29 is 14.1 Å². The molecule has 0 spiro atoms. The van der Waals surface area contributed by atoms with Crippen molar-refractivity contribution in [3.8, 4) is 22.8 Å². The van der Waals surface area contributed by atoms with Gasteiger partial charge in [0.25, 0.3) is 5.88 Å². The molecular formula is C22H19FN3O2+. The van der Waals surface area contributed by atoms with E-state index in [2.05, 4.69) is 5.10 Å². The Morgan fingerprint density at radius 2 is 1.68 bits per heavy atom. The topological polar surface area (TPSA) is 58.5 Å². The Labute approximate surface area is 161 Å². The van der Waals surface area contributed by atoms with Crippen LogP contribution in [0.1, 0.15) is 25.3 Å². The van der Waals surface area contributed by atoms with E-state index >= 15 is 0 Å². The molecule has 0 unspecified atom stereocenters. The summed E-state index contributed by atoms with van der Waals surface area (Å²) in [5, 5.41) is 15.4. The number of fused-ring (bicyclic) bond motifs is 1. The van der Waals surface area contributed by atoms with E-state index in [1.807, 2.05) is 44.2 Å². The Balaban J connectivity index is 2.08. The van der Waals surface area contributed by atoms with Crippen LogP contribution in [0.5, 0.6) is 5.88 Å². The van der Waals surface area contributed by atoms with E-state index in [-0.39, 0.29) is 28.7 Å². The van der Waals surface area contributed by atoms with Crippen molar-refractivity contribution in [2.45, 2.75) is 19.8 Å². The third-order valence-corrected chi connectivity index (χ3v) is 4.65. The van der Waals surface area contributed by atoms with Crippen molar-refractivity contribution in [1.29, 1.82) is 0 Å². The zero-order chi connectivity index (χ0) is 19.8. The van der Waals surface area contributed by atoms with E-state index in [1.165, 1.54) is 21.2 Å². The first-order valence-corrected chi connectivity index (χ1v) is 8.99. The van der Waals surface area contributed by atoms with Crippen molar-refractivity contribution in [3.63, 3.8) is 0 Å². The number of benzene rings is 2. The molecule has 4 rings (SSSR count). The van der Waals surface area contributed by atoms with Crippen molar-refractivity contribution in [3.05, 3.63) is 88.5 Å². The van der Waals surface area contributed by atoms with Gasteiger partial charge in [0.2, 0.25) is 0 Å². The maximum absolute atomic E-state index is 13.4. The van der Waals surface area contributed by atoms with Crippen LogP contribution in [0.4, 0.5) is 4.39 Å². The van der Waals surface area contributed by atoms with Gasteiger partial charge in [-0.05, 0) is 36.2 Å². The summed E-state index contributed by atoms with van der Waals surface area (Å²) < 4.78 is 16.2. The lowest BCUT2D eigenvalue weighted by Crippen LogP contribution is -2.41. The van der Waals surface area contributed by atoms with E-state index < -0.39 is 0 Å². The minimum atomic E-state index is -0.380. The van der Waals surface area contributed by atoms with Gasteiger partial charge in [0.05, 0.1) is 0 Å². The van der Waals surface area contributed by atoms with Crippen molar-refractivity contribution in [2.24, 2.45) is 0 Å². The van der Waals surface area contributed by atoms with Crippen molar-refractivity contribution in [2.75, 3.05) is 0 Å². The minimum absolute atomic E-state index is 0.166. The molecule has 0 bridgehead atoms. The highest BCUT2D eigenvalue weighted by molar-refractivity contribution is 5.59. The highest BCUT2D eigenvalue weighted by Crippen LogP contribution is 2.22. The molecule has 5 nitrogen and oxygen atoms in total. The second kappa shape index (κ2) is 6.88. The molecule has 2 aromatic carbocycles. The second-order valence-corrected chi connectivity index (χ2v) is 6.86. The van der Waals surface area contributed by atoms with Gasteiger partial charge in [0.15, 0.2) is 0 Å². The maximum atomic E-state index is 13.4. The standard InChI is InChI=1S/C22H18FN3O2/c1-14(2)20-21(27)25(17-10-8-16(23)9-11-17)19-13-12-18(24-26(19)22(20)28)15-6-4-3-5-7-15/h3-14H,1-2H3/p+1. The molecule has 140 valence electrons. The summed E-state index contributed by atoms with van der Waals surface area (Å²) in [4.78, 5) is 13.1. The van der Waals surface area contributed by atoms with Crippen molar-refractivity contribution >= 4 is 5.65 Å². The molecule has 0 aliphatic carbocycles. The second-order valence-electron chi connectivity index (χ2n) is 6.86. The van der Waals surface area contributed by atoms with E-state index in [0.29, 0.717) is 17.0 Å². The molecule has 0 atom stereocenters. The van der Waals surface area contributed by atoms with E-state index in [4.69, 9.17) is 0 Å². The van der Waals surface area contributed by atoms with Crippen LogP contribution >= 0.6 is 0 Å². The molecule has 6 heteroatoms. The van der Waals surface area contributed by atoms with Gasteiger partial charge in [-0.1, -0.05) is 53.8 Å². The molecule has 2 aromatic heterocycles. The summed E-state index contributed by atoms with van der Waals surface area (Å²) in [5.41, 5.74) is 2.31. The van der Waals surface area contributed by atoms with Crippen LogP contribution in [0.3, 0.4) is 0 Å². The highest BCUT2D eigenvalue weighted by Gasteiger charge is 2.28. The van der Waals surface area contributed by atoms with Gasteiger partial charge >= 0.3 is 11.2 Å². The molecule has 1 N–H and O–H groups in total. The summed E-state index contributed by atoms with van der Waals surface area (Å²) in [6.07, 6.45) is 0. The van der Waals surface area contributed by atoms with Crippen LogP contribution in [-0.4, -0.2) is 14.7 Å². The number of aromatic hydroxyl groups is 1. The monoisotopic (exact) mass is 376 g/mol. The lowest BCUT2D eigenvalue weighted by molar-refractivity contribution is -0.581. The number of aromatic nitrogens is 3.